The first-order valence-electron chi connectivity index (χ1n) is 8.50. The minimum Gasteiger partial charge on any atom is -0.469 e. The number of halogens is 2. The fourth-order valence-electron chi connectivity index (χ4n) is 2.93. The molecule has 27 heavy (non-hydrogen) atoms. The van der Waals surface area contributed by atoms with Crippen LogP contribution >= 0.6 is 23.2 Å². The second-order valence-electron chi connectivity index (χ2n) is 6.52. The fraction of sp³-hybridized carbons (Fsp3) is 0.238. The van der Waals surface area contributed by atoms with Crippen molar-refractivity contribution >= 4 is 29.0 Å². The molecule has 0 aliphatic rings. The summed E-state index contributed by atoms with van der Waals surface area (Å²) in [5.74, 6) is 0.351. The van der Waals surface area contributed by atoms with Gasteiger partial charge in [-0.15, -0.1) is 0 Å². The molecule has 140 valence electrons. The van der Waals surface area contributed by atoms with E-state index >= 15 is 0 Å². The molecule has 4 nitrogen and oxygen atoms in total. The molecule has 3 aromatic rings. The summed E-state index contributed by atoms with van der Waals surface area (Å²) >= 11 is 12.9. The van der Waals surface area contributed by atoms with E-state index < -0.39 is 0 Å². The summed E-state index contributed by atoms with van der Waals surface area (Å²) < 4.78 is 7.47. The highest BCUT2D eigenvalue weighted by molar-refractivity contribution is 6.39. The number of rotatable bonds is 5. The quantitative estimate of drug-likeness (QED) is 0.523. The van der Waals surface area contributed by atoms with Gasteiger partial charge in [0.2, 0.25) is 5.88 Å². The third kappa shape index (κ3) is 3.87. The molecular formula is C21H20Cl2N2O2. The Morgan fingerprint density at radius 3 is 2.37 bits per heavy atom. The maximum Gasteiger partial charge on any atom is 0.220 e. The summed E-state index contributed by atoms with van der Waals surface area (Å²) in [5, 5.41) is 5.48. The van der Waals surface area contributed by atoms with Crippen molar-refractivity contribution in [1.29, 1.82) is 0 Å². The van der Waals surface area contributed by atoms with Gasteiger partial charge in [-0.1, -0.05) is 59.1 Å². The van der Waals surface area contributed by atoms with E-state index in [0.717, 1.165) is 16.8 Å². The van der Waals surface area contributed by atoms with Crippen LogP contribution in [0, 0.1) is 20.8 Å². The van der Waals surface area contributed by atoms with Gasteiger partial charge < -0.3 is 4.74 Å². The molecule has 0 radical (unpaired) electrons. The maximum atomic E-state index is 12.5. The summed E-state index contributed by atoms with van der Waals surface area (Å²) in [5.41, 5.74) is 4.70. The predicted octanol–water partition coefficient (Wildman–Crippen LogP) is 5.58. The normalized spacial score (nSPS) is 10.9. The highest BCUT2D eigenvalue weighted by atomic mass is 35.5. The van der Waals surface area contributed by atoms with Gasteiger partial charge in [0, 0.05) is 18.2 Å². The topological polar surface area (TPSA) is 44.1 Å². The molecule has 0 N–H and O–H groups in total. The molecule has 1 heterocycles. The molecule has 0 saturated carbocycles. The van der Waals surface area contributed by atoms with Crippen molar-refractivity contribution in [1.82, 2.24) is 9.78 Å². The average Bonchev–Trinajstić information content (AvgIpc) is 2.91. The molecule has 0 saturated heterocycles. The molecule has 1 aromatic heterocycles. The number of carbonyl (C=O) groups excluding carboxylic acids is 1. The molecule has 2 aromatic carbocycles. The highest BCUT2D eigenvalue weighted by Gasteiger charge is 2.23. The number of nitrogens with zero attached hydrogens (tertiary/aromatic N) is 2. The van der Waals surface area contributed by atoms with Gasteiger partial charge in [-0.2, -0.15) is 5.10 Å². The van der Waals surface area contributed by atoms with Crippen LogP contribution in [0.25, 0.3) is 11.1 Å². The summed E-state index contributed by atoms with van der Waals surface area (Å²) in [4.78, 5) is 12.5. The second-order valence-corrected chi connectivity index (χ2v) is 7.31. The first-order chi connectivity index (χ1) is 12.8. The molecule has 0 spiro atoms. The van der Waals surface area contributed by atoms with E-state index in [1.54, 1.807) is 29.9 Å². The number of aryl methyl sites for hydroxylation is 4. The molecular weight excluding hydrogens is 383 g/mol. The Labute approximate surface area is 168 Å². The molecule has 0 aliphatic heterocycles. The Morgan fingerprint density at radius 2 is 1.70 bits per heavy atom. The predicted molar refractivity (Wildman–Crippen MR) is 109 cm³/mol. The van der Waals surface area contributed by atoms with Crippen molar-refractivity contribution in [2.45, 2.75) is 20.8 Å². The lowest BCUT2D eigenvalue weighted by molar-refractivity contribution is 0.0915. The van der Waals surface area contributed by atoms with Crippen molar-refractivity contribution in [3.05, 3.63) is 68.8 Å². The van der Waals surface area contributed by atoms with E-state index in [1.165, 1.54) is 0 Å². The van der Waals surface area contributed by atoms with Gasteiger partial charge in [-0.3, -0.25) is 4.79 Å². The first-order valence-corrected chi connectivity index (χ1v) is 9.26. The number of benzene rings is 2. The zero-order valence-corrected chi connectivity index (χ0v) is 17.1. The van der Waals surface area contributed by atoms with Crippen LogP contribution in [0.5, 0.6) is 5.88 Å². The molecule has 0 aliphatic carbocycles. The molecule has 0 amide bonds. The first kappa shape index (κ1) is 19.5. The van der Waals surface area contributed by atoms with Gasteiger partial charge in [0.15, 0.2) is 12.4 Å². The van der Waals surface area contributed by atoms with E-state index in [9.17, 15) is 4.79 Å². The minimum absolute atomic E-state index is 0.101. The molecule has 3 rings (SSSR count). The number of ether oxygens (including phenoxy) is 1. The largest absolute Gasteiger partial charge is 0.469 e. The summed E-state index contributed by atoms with van der Waals surface area (Å²) in [7, 11) is 1.76. The van der Waals surface area contributed by atoms with Crippen LogP contribution in [0.4, 0.5) is 0 Å². The number of hydrogen-bond acceptors (Lipinski definition) is 3. The minimum atomic E-state index is -0.110. The lowest BCUT2D eigenvalue weighted by Gasteiger charge is -2.13. The zero-order valence-electron chi connectivity index (χ0n) is 15.6. The number of ketones is 1. The van der Waals surface area contributed by atoms with Crippen molar-refractivity contribution in [2.75, 3.05) is 6.61 Å². The van der Waals surface area contributed by atoms with Crippen molar-refractivity contribution in [2.24, 2.45) is 7.05 Å². The SMILES string of the molecule is Cc1ccc(C(=O)COc2c(-c3c(Cl)ccc(C)c3Cl)c(C)nn2C)cc1. The molecule has 0 fully saturated rings. The van der Waals surface area contributed by atoms with Crippen LogP contribution in [0.1, 0.15) is 27.2 Å². The number of aromatic nitrogens is 2. The van der Waals surface area contributed by atoms with E-state index in [2.05, 4.69) is 5.10 Å². The lowest BCUT2D eigenvalue weighted by atomic mass is 10.0. The summed E-state index contributed by atoms with van der Waals surface area (Å²) in [6.45, 7) is 5.65. The molecule has 6 heteroatoms. The van der Waals surface area contributed by atoms with Crippen LogP contribution in [0.2, 0.25) is 10.0 Å². The zero-order chi connectivity index (χ0) is 19.7. The van der Waals surface area contributed by atoms with E-state index in [-0.39, 0.29) is 12.4 Å². The third-order valence-electron chi connectivity index (χ3n) is 4.42. The molecule has 0 unspecified atom stereocenters. The van der Waals surface area contributed by atoms with Crippen molar-refractivity contribution in [3.8, 4) is 17.0 Å². The standard InChI is InChI=1S/C21H20Cl2N2O2/c1-12-5-8-15(9-6-12)17(26)11-27-21-18(14(3)24-25(21)4)19-16(22)10-7-13(2)20(19)23/h5-10H,11H2,1-4H3. The van der Waals surface area contributed by atoms with Gasteiger partial charge in [-0.05, 0) is 32.4 Å². The van der Waals surface area contributed by atoms with Crippen molar-refractivity contribution in [3.63, 3.8) is 0 Å². The van der Waals surface area contributed by atoms with Gasteiger partial charge in [0.1, 0.15) is 0 Å². The van der Waals surface area contributed by atoms with Crippen LogP contribution in [0.3, 0.4) is 0 Å². The van der Waals surface area contributed by atoms with Gasteiger partial charge in [0.25, 0.3) is 0 Å². The average molecular weight is 403 g/mol. The Kier molecular flexibility index (Phi) is 5.59. The van der Waals surface area contributed by atoms with Crippen LogP contribution in [0.15, 0.2) is 36.4 Å². The monoisotopic (exact) mass is 402 g/mol. The van der Waals surface area contributed by atoms with Crippen LogP contribution in [-0.2, 0) is 7.05 Å². The highest BCUT2D eigenvalue weighted by Crippen LogP contribution is 2.42. The Bertz CT molecular complexity index is 1010. The van der Waals surface area contributed by atoms with Gasteiger partial charge in [0.05, 0.1) is 21.3 Å². The maximum absolute atomic E-state index is 12.5. The summed E-state index contributed by atoms with van der Waals surface area (Å²) in [6.07, 6.45) is 0. The lowest BCUT2D eigenvalue weighted by Crippen LogP contribution is -2.13. The van der Waals surface area contributed by atoms with E-state index in [4.69, 9.17) is 27.9 Å². The second kappa shape index (κ2) is 7.75. The fourth-order valence-corrected chi connectivity index (χ4v) is 3.49. The number of hydrogen-bond donors (Lipinski definition) is 0. The van der Waals surface area contributed by atoms with E-state index in [1.807, 2.05) is 39.0 Å². The molecule has 0 atom stereocenters. The Balaban J connectivity index is 1.95. The Hall–Kier alpha value is -2.30. The molecule has 0 bridgehead atoms. The summed E-state index contributed by atoms with van der Waals surface area (Å²) in [6, 6.07) is 11.1. The van der Waals surface area contributed by atoms with Crippen LogP contribution < -0.4 is 4.74 Å². The number of Topliss-reactive ketones (excluding diaryl/α,β-unsaturated/α-hetero) is 1. The third-order valence-corrected chi connectivity index (χ3v) is 5.22. The Morgan fingerprint density at radius 1 is 1.04 bits per heavy atom. The number of carbonyl (C=O) groups is 1. The van der Waals surface area contributed by atoms with E-state index in [0.29, 0.717) is 32.6 Å². The van der Waals surface area contributed by atoms with Gasteiger partial charge in [-0.25, -0.2) is 4.68 Å². The van der Waals surface area contributed by atoms with Gasteiger partial charge >= 0.3 is 0 Å². The van der Waals surface area contributed by atoms with Crippen LogP contribution in [-0.4, -0.2) is 22.2 Å². The smallest absolute Gasteiger partial charge is 0.220 e. The van der Waals surface area contributed by atoms with Crippen molar-refractivity contribution < 1.29 is 9.53 Å².